The van der Waals surface area contributed by atoms with Gasteiger partial charge in [-0.2, -0.15) is 0 Å². The highest BCUT2D eigenvalue weighted by Gasteiger charge is 2.36. The Balaban J connectivity index is 1.48. The molecule has 0 aromatic rings. The summed E-state index contributed by atoms with van der Waals surface area (Å²) in [5, 5.41) is 38.0. The number of ether oxygens (including phenoxy) is 6. The van der Waals surface area contributed by atoms with E-state index < -0.39 is 108 Å². The van der Waals surface area contributed by atoms with Crippen molar-refractivity contribution in [3.05, 3.63) is 117 Å². The van der Waals surface area contributed by atoms with Crippen molar-refractivity contribution in [2.45, 2.75) is 143 Å². The zero-order valence-electron chi connectivity index (χ0n) is 51.0. The Hall–Kier alpha value is -7.12. The maximum atomic E-state index is 14.2. The first kappa shape index (κ1) is 70.4. The molecule has 23 nitrogen and oxygen atoms in total. The normalized spacial score (nSPS) is 31.7. The molecule has 4 rings (SSSR count). The van der Waals surface area contributed by atoms with Gasteiger partial charge in [0.15, 0.2) is 12.2 Å². The monoisotopic (exact) mass is 1190 g/mol. The third-order valence-corrected chi connectivity index (χ3v) is 15.3. The van der Waals surface area contributed by atoms with Crippen LogP contribution in [0.15, 0.2) is 117 Å². The first-order valence-corrected chi connectivity index (χ1v) is 28.6. The van der Waals surface area contributed by atoms with Crippen LogP contribution in [-0.4, -0.2) is 161 Å². The second-order valence-electron chi connectivity index (χ2n) is 22.2. The molecule has 12 atom stereocenters. The molecular weight excluding hydrogens is 1100 g/mol. The quantitative estimate of drug-likeness (QED) is 0.0597. The summed E-state index contributed by atoms with van der Waals surface area (Å²) in [5.41, 5.74) is 12.4. The summed E-state index contributed by atoms with van der Waals surface area (Å²) in [4.78, 5) is 107. The first-order chi connectivity index (χ1) is 40.3. The summed E-state index contributed by atoms with van der Waals surface area (Å²) in [5.74, 6) is -5.06. The van der Waals surface area contributed by atoms with Gasteiger partial charge in [0.05, 0.1) is 47.2 Å². The van der Waals surface area contributed by atoms with Gasteiger partial charge < -0.3 is 76.7 Å². The highest BCUT2D eigenvalue weighted by atomic mass is 16.6. The number of hydrogen-bond acceptors (Lipinski definition) is 19. The highest BCUT2D eigenvalue weighted by Crippen LogP contribution is 2.31. The first-order valence-electron chi connectivity index (χ1n) is 28.6. The second kappa shape index (κ2) is 34.1. The number of rotatable bonds is 16. The highest BCUT2D eigenvalue weighted by molar-refractivity contribution is 6.24. The van der Waals surface area contributed by atoms with E-state index in [0.29, 0.717) is 37.1 Å². The van der Waals surface area contributed by atoms with Crippen molar-refractivity contribution in [3.8, 4) is 0 Å². The Morgan fingerprint density at radius 2 is 0.941 bits per heavy atom. The lowest BCUT2D eigenvalue weighted by atomic mass is 9.85. The number of carbonyl (C=O) groups is 8. The topological polar surface area (TPSA) is 345 Å². The van der Waals surface area contributed by atoms with Crippen LogP contribution in [0.25, 0.3) is 0 Å². The molecule has 4 amide bonds. The number of ketones is 4. The van der Waals surface area contributed by atoms with Crippen LogP contribution in [0.3, 0.4) is 0 Å². The van der Waals surface area contributed by atoms with Crippen molar-refractivity contribution in [1.82, 2.24) is 26.6 Å². The second-order valence-corrected chi connectivity index (χ2v) is 22.2. The summed E-state index contributed by atoms with van der Waals surface area (Å²) in [6.07, 6.45) is 7.30. The van der Waals surface area contributed by atoms with Crippen molar-refractivity contribution < 1.29 is 77.0 Å². The molecule has 11 N–H and O–H groups in total. The Morgan fingerprint density at radius 1 is 0.576 bits per heavy atom. The number of fused-ring (bicyclic) bond motifs is 4. The van der Waals surface area contributed by atoms with Crippen LogP contribution in [0.1, 0.15) is 93.9 Å². The van der Waals surface area contributed by atoms with Crippen molar-refractivity contribution >= 4 is 47.1 Å². The average molecular weight is 1190 g/mol. The van der Waals surface area contributed by atoms with Gasteiger partial charge in [-0.1, -0.05) is 76.3 Å². The standard InChI is InChI=1S/C62H89N7O16/c1-33-25-41-51(45(70)31-43(55(41)74)68-59(76)35(3)17-13-19-47(80-9)57(84-61(63)78)39(7)29-37(5)53(72)49(27-33)82-11)66-23-15-21-65-22-16-24-67-52-42-26-34(2)28-50(83-12)54(73)38(6)30-40(8)58(85-62(64)79)48(81-10)20-14-18-36(4)60(77)69-44(56(42)75)32-46(52)71/h13-14,17-20,29-34,37-38,47-50,53-54,57-58,65-67,72-73H,15-16,21-28H2,1-12H3,(H2,63,78)(H2,64,79)(H,68,76)(H,69,77)/b19-13-,20-14-,35-17+,36-18+,39-29+,40-30+/t33-,34-,37+,38+,47+,48+,49+,50+,53+,54?,57+,58+/m1/s1. The maximum absolute atomic E-state index is 14.2. The van der Waals surface area contributed by atoms with Gasteiger partial charge in [-0.15, -0.1) is 0 Å². The van der Waals surface area contributed by atoms with Gasteiger partial charge in [0.25, 0.3) is 11.8 Å². The molecule has 0 radical (unpaired) electrons. The molecule has 0 saturated carbocycles. The Bertz CT molecular complexity index is 2600. The van der Waals surface area contributed by atoms with Crippen LogP contribution in [0.2, 0.25) is 0 Å². The van der Waals surface area contributed by atoms with Crippen LogP contribution >= 0.6 is 0 Å². The minimum atomic E-state index is -1.05. The van der Waals surface area contributed by atoms with Crippen LogP contribution in [0.4, 0.5) is 9.59 Å². The average Bonchev–Trinajstić information content (AvgIpc) is 2.30. The van der Waals surface area contributed by atoms with Gasteiger partial charge in [-0.3, -0.25) is 28.8 Å². The Morgan fingerprint density at radius 3 is 1.27 bits per heavy atom. The van der Waals surface area contributed by atoms with Crippen molar-refractivity contribution in [3.63, 3.8) is 0 Å². The predicted molar refractivity (Wildman–Crippen MR) is 317 cm³/mol. The molecule has 2 aliphatic heterocycles. The fourth-order valence-electron chi connectivity index (χ4n) is 10.5. The molecule has 2 aliphatic carbocycles. The lowest BCUT2D eigenvalue weighted by Crippen LogP contribution is -2.38. The van der Waals surface area contributed by atoms with E-state index >= 15 is 0 Å². The molecule has 0 aromatic heterocycles. The molecule has 85 heavy (non-hydrogen) atoms. The SMILES string of the molecule is CO[C@H]1C[C@H](C)CC2=C(NCCCNCCCNC3=C4C[C@@H](C)C[C@H](OC)[C@@H](O)[C@@H](C)/C=C(\C)[C@H](OC(N)=O)[C@@H](OC)/C=C\C=C(/C)C(=O)NC(=CC3=O)C4=O)C(=O)C=C(NC(=O)/C(C)=C/C=C\[C@H](OC)[C@@H](OC(N)=O)/C(C)=C/[C@H](C)C1O)C2=O. The number of methoxy groups -OCH3 is 4. The number of hydrogen-bond donors (Lipinski definition) is 9. The largest absolute Gasteiger partial charge is 0.439 e. The summed E-state index contributed by atoms with van der Waals surface area (Å²) >= 11 is 0. The minimum absolute atomic E-state index is 0.0940. The number of nitrogens with two attached hydrogens (primary N) is 2. The summed E-state index contributed by atoms with van der Waals surface area (Å²) in [6, 6.07) is 0. The van der Waals surface area contributed by atoms with Crippen molar-refractivity contribution in [1.29, 1.82) is 0 Å². The molecule has 0 aromatic carbocycles. The van der Waals surface area contributed by atoms with E-state index in [9.17, 15) is 48.6 Å². The molecule has 2 heterocycles. The van der Waals surface area contributed by atoms with Crippen LogP contribution < -0.4 is 38.1 Å². The Labute approximate surface area is 498 Å². The van der Waals surface area contributed by atoms with Crippen LogP contribution in [0.5, 0.6) is 0 Å². The van der Waals surface area contributed by atoms with E-state index in [4.69, 9.17) is 39.9 Å². The molecule has 23 heteroatoms. The molecule has 0 fully saturated rings. The number of carbonyl (C=O) groups excluding carboxylic acids is 8. The van der Waals surface area contributed by atoms with Gasteiger partial charge in [0.2, 0.25) is 23.1 Å². The molecule has 4 bridgehead atoms. The number of Topliss-reactive ketones (excluding diaryl/α,β-unsaturated/α-hetero) is 2. The number of allylic oxidation sites excluding steroid dienone is 8. The van der Waals surface area contributed by atoms with Crippen molar-refractivity contribution in [2.24, 2.45) is 35.1 Å². The summed E-state index contributed by atoms with van der Waals surface area (Å²) in [7, 11) is 5.76. The lowest BCUT2D eigenvalue weighted by Gasteiger charge is -2.30. The molecule has 468 valence electrons. The fourth-order valence-corrected chi connectivity index (χ4v) is 10.5. The maximum Gasteiger partial charge on any atom is 0.405 e. The summed E-state index contributed by atoms with van der Waals surface area (Å²) in [6.45, 7) is 15.3. The number of primary amides is 2. The van der Waals surface area contributed by atoms with Gasteiger partial charge in [0, 0.05) is 87.8 Å². The number of nitrogens with one attached hydrogen (secondary N) is 5. The van der Waals surface area contributed by atoms with E-state index in [1.165, 1.54) is 66.6 Å². The molecule has 0 spiro atoms. The zero-order chi connectivity index (χ0) is 63.2. The van der Waals surface area contributed by atoms with E-state index in [0.717, 1.165) is 12.2 Å². The lowest BCUT2D eigenvalue weighted by molar-refractivity contribution is -0.120. The third kappa shape index (κ3) is 20.5. The summed E-state index contributed by atoms with van der Waals surface area (Å²) < 4.78 is 33.7. The zero-order valence-corrected chi connectivity index (χ0v) is 51.0. The van der Waals surface area contributed by atoms with Gasteiger partial charge in [-0.25, -0.2) is 9.59 Å². The molecular formula is C62H89N7O16. The third-order valence-electron chi connectivity index (χ3n) is 15.3. The minimum Gasteiger partial charge on any atom is -0.439 e. The number of aliphatic hydroxyl groups excluding tert-OH is 2. The van der Waals surface area contributed by atoms with E-state index in [1.54, 1.807) is 52.0 Å². The van der Waals surface area contributed by atoms with Crippen LogP contribution in [-0.2, 0) is 57.2 Å². The number of aliphatic hydroxyl groups is 2. The predicted octanol–water partition coefficient (Wildman–Crippen LogP) is 4.09. The van der Waals surface area contributed by atoms with Crippen LogP contribution in [0, 0.1) is 23.7 Å². The van der Waals surface area contributed by atoms with Crippen molar-refractivity contribution in [2.75, 3.05) is 54.6 Å². The number of amides is 4. The van der Waals surface area contributed by atoms with Gasteiger partial charge >= 0.3 is 12.2 Å². The van der Waals surface area contributed by atoms with Gasteiger partial charge in [0.1, 0.15) is 12.2 Å². The van der Waals surface area contributed by atoms with Gasteiger partial charge in [-0.05, 0) is 102 Å². The molecule has 1 unspecified atom stereocenters. The molecule has 4 aliphatic rings. The van der Waals surface area contributed by atoms with E-state index in [-0.39, 0.29) is 95.7 Å². The smallest absolute Gasteiger partial charge is 0.405 e. The molecule has 0 saturated heterocycles. The fraction of sp³-hybridized carbons (Fsp3) is 0.548. The Kier molecular flexibility index (Phi) is 28.3. The van der Waals surface area contributed by atoms with E-state index in [1.807, 2.05) is 13.8 Å². The van der Waals surface area contributed by atoms with E-state index in [2.05, 4.69) is 26.6 Å².